The molecule has 0 atom stereocenters. The summed E-state index contributed by atoms with van der Waals surface area (Å²) in [6.07, 6.45) is 5.83. The number of rotatable bonds is 3. The molecule has 0 N–H and O–H groups in total. The first-order valence-corrected chi connectivity index (χ1v) is 8.06. The average molecular weight is 252 g/mol. The summed E-state index contributed by atoms with van der Waals surface area (Å²) in [5.74, 6) is 1.89. The summed E-state index contributed by atoms with van der Waals surface area (Å²) in [4.78, 5) is 5.39. The van der Waals surface area contributed by atoms with Crippen LogP contribution >= 0.6 is 0 Å². The van der Waals surface area contributed by atoms with Crippen LogP contribution < -0.4 is 0 Å². The molecule has 0 aromatic heterocycles. The maximum absolute atomic E-state index is 2.77. The molecule has 2 rings (SSSR count). The van der Waals surface area contributed by atoms with Crippen LogP contribution in [0.25, 0.3) is 0 Å². The van der Waals surface area contributed by atoms with Gasteiger partial charge in [-0.15, -0.1) is 0 Å². The summed E-state index contributed by atoms with van der Waals surface area (Å²) in [6.45, 7) is 14.6. The molecule has 0 aromatic rings. The van der Waals surface area contributed by atoms with E-state index in [4.69, 9.17) is 0 Å². The van der Waals surface area contributed by atoms with Crippen LogP contribution in [-0.2, 0) is 0 Å². The Kier molecular flexibility index (Phi) is 5.08. The summed E-state index contributed by atoms with van der Waals surface area (Å²) < 4.78 is 0. The Labute approximate surface area is 114 Å². The van der Waals surface area contributed by atoms with Crippen molar-refractivity contribution in [1.29, 1.82) is 0 Å². The lowest BCUT2D eigenvalue weighted by atomic mass is 9.79. The third-order valence-electron chi connectivity index (χ3n) is 5.28. The van der Waals surface area contributed by atoms with Gasteiger partial charge in [0.25, 0.3) is 0 Å². The quantitative estimate of drug-likeness (QED) is 0.761. The van der Waals surface area contributed by atoms with E-state index in [-0.39, 0.29) is 0 Å². The average Bonchev–Trinajstić information content (AvgIpc) is 2.39. The zero-order valence-electron chi connectivity index (χ0n) is 12.9. The second kappa shape index (κ2) is 6.38. The smallest absolute Gasteiger partial charge is 0.0113 e. The Morgan fingerprint density at radius 2 is 1.33 bits per heavy atom. The highest BCUT2D eigenvalue weighted by Crippen LogP contribution is 2.32. The van der Waals surface area contributed by atoms with Crippen LogP contribution in [0.1, 0.15) is 53.4 Å². The fourth-order valence-corrected chi connectivity index (χ4v) is 3.75. The van der Waals surface area contributed by atoms with Gasteiger partial charge in [0, 0.05) is 38.3 Å². The molecule has 0 amide bonds. The molecule has 1 heterocycles. The van der Waals surface area contributed by atoms with Crippen LogP contribution in [0.5, 0.6) is 0 Å². The molecule has 1 saturated heterocycles. The first-order chi connectivity index (χ1) is 8.58. The molecule has 2 nitrogen and oxygen atoms in total. The van der Waals surface area contributed by atoms with Crippen molar-refractivity contribution in [2.24, 2.45) is 11.8 Å². The van der Waals surface area contributed by atoms with E-state index in [9.17, 15) is 0 Å². The standard InChI is InChI=1S/C16H32N2/c1-13(2)15-5-7-16(8-6-15)18-11-9-17(10-12-18)14(3)4/h13-16H,5-12H2,1-4H3. The lowest BCUT2D eigenvalue weighted by molar-refractivity contribution is 0.0535. The second-order valence-corrected chi connectivity index (χ2v) is 6.98. The van der Waals surface area contributed by atoms with E-state index < -0.39 is 0 Å². The summed E-state index contributed by atoms with van der Waals surface area (Å²) in [5.41, 5.74) is 0. The molecule has 2 heteroatoms. The Hall–Kier alpha value is -0.0800. The van der Waals surface area contributed by atoms with Crippen LogP contribution in [0, 0.1) is 11.8 Å². The summed E-state index contributed by atoms with van der Waals surface area (Å²) in [7, 11) is 0. The maximum atomic E-state index is 2.77. The van der Waals surface area contributed by atoms with E-state index >= 15 is 0 Å². The largest absolute Gasteiger partial charge is 0.298 e. The van der Waals surface area contributed by atoms with Gasteiger partial charge in [0.15, 0.2) is 0 Å². The predicted molar refractivity (Wildman–Crippen MR) is 78.9 cm³/mol. The Balaban J connectivity index is 1.75. The molecule has 0 radical (unpaired) electrons. The summed E-state index contributed by atoms with van der Waals surface area (Å²) in [5, 5.41) is 0. The Morgan fingerprint density at radius 3 is 1.78 bits per heavy atom. The molecule has 18 heavy (non-hydrogen) atoms. The van der Waals surface area contributed by atoms with E-state index in [0.717, 1.165) is 23.9 Å². The summed E-state index contributed by atoms with van der Waals surface area (Å²) in [6, 6.07) is 1.62. The molecule has 1 saturated carbocycles. The third-order valence-corrected chi connectivity index (χ3v) is 5.28. The maximum Gasteiger partial charge on any atom is 0.0113 e. The van der Waals surface area contributed by atoms with Crippen molar-refractivity contribution in [3.63, 3.8) is 0 Å². The number of nitrogens with zero attached hydrogens (tertiary/aromatic N) is 2. The highest BCUT2D eigenvalue weighted by Gasteiger charge is 2.29. The molecular weight excluding hydrogens is 220 g/mol. The van der Waals surface area contributed by atoms with E-state index in [1.807, 2.05) is 0 Å². The van der Waals surface area contributed by atoms with E-state index in [1.54, 1.807) is 0 Å². The van der Waals surface area contributed by atoms with Crippen molar-refractivity contribution in [3.05, 3.63) is 0 Å². The van der Waals surface area contributed by atoms with Gasteiger partial charge < -0.3 is 0 Å². The van der Waals surface area contributed by atoms with Gasteiger partial charge in [0.2, 0.25) is 0 Å². The third kappa shape index (κ3) is 3.48. The number of hydrogen-bond donors (Lipinski definition) is 0. The van der Waals surface area contributed by atoms with Gasteiger partial charge in [-0.25, -0.2) is 0 Å². The van der Waals surface area contributed by atoms with Crippen molar-refractivity contribution in [3.8, 4) is 0 Å². The fourth-order valence-electron chi connectivity index (χ4n) is 3.75. The van der Waals surface area contributed by atoms with Gasteiger partial charge in [0.05, 0.1) is 0 Å². The normalized spacial score (nSPS) is 32.3. The van der Waals surface area contributed by atoms with Crippen LogP contribution in [0.15, 0.2) is 0 Å². The van der Waals surface area contributed by atoms with Crippen LogP contribution in [0.4, 0.5) is 0 Å². The minimum Gasteiger partial charge on any atom is -0.298 e. The van der Waals surface area contributed by atoms with Crippen LogP contribution in [0.2, 0.25) is 0 Å². The molecule has 0 unspecified atom stereocenters. The monoisotopic (exact) mass is 252 g/mol. The van der Waals surface area contributed by atoms with Gasteiger partial charge >= 0.3 is 0 Å². The highest BCUT2D eigenvalue weighted by atomic mass is 15.3. The Morgan fingerprint density at radius 1 is 0.778 bits per heavy atom. The summed E-state index contributed by atoms with van der Waals surface area (Å²) >= 11 is 0. The van der Waals surface area contributed by atoms with Gasteiger partial charge in [-0.1, -0.05) is 13.8 Å². The van der Waals surface area contributed by atoms with Crippen molar-refractivity contribution in [2.45, 2.75) is 65.5 Å². The first-order valence-electron chi connectivity index (χ1n) is 8.06. The van der Waals surface area contributed by atoms with Gasteiger partial charge in [0.1, 0.15) is 0 Å². The second-order valence-electron chi connectivity index (χ2n) is 6.98. The van der Waals surface area contributed by atoms with E-state index in [2.05, 4.69) is 37.5 Å². The topological polar surface area (TPSA) is 6.48 Å². The predicted octanol–water partition coefficient (Wildman–Crippen LogP) is 3.23. The molecule has 0 bridgehead atoms. The van der Waals surface area contributed by atoms with E-state index in [1.165, 1.54) is 51.9 Å². The van der Waals surface area contributed by atoms with Crippen molar-refractivity contribution in [2.75, 3.05) is 26.2 Å². The van der Waals surface area contributed by atoms with Gasteiger partial charge in [-0.2, -0.15) is 0 Å². The molecular formula is C16H32N2. The molecule has 0 aromatic carbocycles. The Bertz CT molecular complexity index is 207. The first kappa shape index (κ1) is 14.3. The lowest BCUT2D eigenvalue weighted by Crippen LogP contribution is -2.52. The molecule has 2 fully saturated rings. The minimum absolute atomic E-state index is 0.726. The SMILES string of the molecule is CC(C)C1CCC(N2CCN(C(C)C)CC2)CC1. The molecule has 2 aliphatic rings. The molecule has 106 valence electrons. The van der Waals surface area contributed by atoms with Crippen molar-refractivity contribution >= 4 is 0 Å². The molecule has 0 spiro atoms. The number of hydrogen-bond acceptors (Lipinski definition) is 2. The van der Waals surface area contributed by atoms with E-state index in [0.29, 0.717) is 0 Å². The molecule has 1 aliphatic carbocycles. The van der Waals surface area contributed by atoms with Crippen molar-refractivity contribution < 1.29 is 0 Å². The zero-order chi connectivity index (χ0) is 13.1. The van der Waals surface area contributed by atoms with Crippen LogP contribution in [-0.4, -0.2) is 48.1 Å². The number of piperazine rings is 1. The van der Waals surface area contributed by atoms with Gasteiger partial charge in [-0.05, 0) is 51.4 Å². The van der Waals surface area contributed by atoms with Crippen molar-refractivity contribution in [1.82, 2.24) is 9.80 Å². The lowest BCUT2D eigenvalue weighted by Gasteiger charge is -2.43. The molecule has 1 aliphatic heterocycles. The highest BCUT2D eigenvalue weighted by molar-refractivity contribution is 4.84. The fraction of sp³-hybridized carbons (Fsp3) is 1.00. The van der Waals surface area contributed by atoms with Crippen LogP contribution in [0.3, 0.4) is 0 Å². The van der Waals surface area contributed by atoms with Gasteiger partial charge in [-0.3, -0.25) is 9.80 Å². The zero-order valence-corrected chi connectivity index (χ0v) is 12.9. The minimum atomic E-state index is 0.726.